The van der Waals surface area contributed by atoms with E-state index in [1.807, 2.05) is 18.3 Å². The molecule has 3 N–H and O–H groups in total. The summed E-state index contributed by atoms with van der Waals surface area (Å²) < 4.78 is 2.78. The van der Waals surface area contributed by atoms with Crippen molar-refractivity contribution in [1.82, 2.24) is 14.6 Å². The first kappa shape index (κ1) is 12.9. The molecule has 2 unspecified atom stereocenters. The number of nitrogens with zero attached hydrogens (tertiary/aromatic N) is 3. The van der Waals surface area contributed by atoms with Gasteiger partial charge in [0.25, 0.3) is 0 Å². The Morgan fingerprint density at radius 1 is 1.37 bits per heavy atom. The maximum absolute atomic E-state index is 5.85. The smallest absolute Gasteiger partial charge is 0.243 e. The number of anilines is 1. The number of aromatic nitrogens is 3. The SMILES string of the molecule is NCC1CCCCC1Nc1nc2ccc(Br)cn2n1. The highest BCUT2D eigenvalue weighted by Gasteiger charge is 2.24. The minimum atomic E-state index is 0.402. The van der Waals surface area contributed by atoms with Crippen molar-refractivity contribution in [3.63, 3.8) is 0 Å². The molecule has 2 heterocycles. The molecule has 3 rings (SSSR count). The van der Waals surface area contributed by atoms with Crippen molar-refractivity contribution in [1.29, 1.82) is 0 Å². The second-order valence-electron chi connectivity index (χ2n) is 5.12. The molecule has 0 amide bonds. The number of hydrogen-bond acceptors (Lipinski definition) is 4. The van der Waals surface area contributed by atoms with Crippen LogP contribution in [0.3, 0.4) is 0 Å². The zero-order valence-electron chi connectivity index (χ0n) is 10.7. The van der Waals surface area contributed by atoms with Crippen molar-refractivity contribution in [3.05, 3.63) is 22.8 Å². The van der Waals surface area contributed by atoms with Gasteiger partial charge < -0.3 is 11.1 Å². The van der Waals surface area contributed by atoms with Gasteiger partial charge in [0.15, 0.2) is 5.65 Å². The molecule has 0 bridgehead atoms. The molecule has 6 heteroatoms. The molecule has 1 fully saturated rings. The molecular formula is C13H18BrN5. The van der Waals surface area contributed by atoms with Crippen LogP contribution in [0, 0.1) is 5.92 Å². The third kappa shape index (κ3) is 2.74. The maximum atomic E-state index is 5.85. The zero-order valence-corrected chi connectivity index (χ0v) is 12.3. The third-order valence-corrected chi connectivity index (χ3v) is 4.29. The van der Waals surface area contributed by atoms with Crippen LogP contribution in [0.4, 0.5) is 5.95 Å². The average Bonchev–Trinajstić information content (AvgIpc) is 2.80. The first-order chi connectivity index (χ1) is 9.26. The molecule has 0 radical (unpaired) electrons. The maximum Gasteiger partial charge on any atom is 0.243 e. The Balaban J connectivity index is 1.80. The van der Waals surface area contributed by atoms with Crippen molar-refractivity contribution in [2.24, 2.45) is 11.7 Å². The highest BCUT2D eigenvalue weighted by molar-refractivity contribution is 9.10. The number of nitrogens with one attached hydrogen (secondary N) is 1. The van der Waals surface area contributed by atoms with Crippen LogP contribution in [0.25, 0.3) is 5.65 Å². The summed E-state index contributed by atoms with van der Waals surface area (Å²) in [6.45, 7) is 0.733. The van der Waals surface area contributed by atoms with E-state index in [-0.39, 0.29) is 0 Å². The van der Waals surface area contributed by atoms with Gasteiger partial charge in [0.2, 0.25) is 5.95 Å². The minimum Gasteiger partial charge on any atom is -0.350 e. The van der Waals surface area contributed by atoms with Crippen LogP contribution in [0.1, 0.15) is 25.7 Å². The number of fused-ring (bicyclic) bond motifs is 1. The van der Waals surface area contributed by atoms with Crippen molar-refractivity contribution < 1.29 is 0 Å². The Hall–Kier alpha value is -1.14. The van der Waals surface area contributed by atoms with Gasteiger partial charge in [0, 0.05) is 16.7 Å². The van der Waals surface area contributed by atoms with Crippen molar-refractivity contribution in [2.75, 3.05) is 11.9 Å². The molecule has 19 heavy (non-hydrogen) atoms. The largest absolute Gasteiger partial charge is 0.350 e. The summed E-state index contributed by atoms with van der Waals surface area (Å²) in [6, 6.07) is 4.32. The number of halogens is 1. The van der Waals surface area contributed by atoms with Gasteiger partial charge in [-0.1, -0.05) is 12.8 Å². The lowest BCUT2D eigenvalue weighted by molar-refractivity contribution is 0.331. The number of nitrogens with two attached hydrogens (primary N) is 1. The van der Waals surface area contributed by atoms with E-state index >= 15 is 0 Å². The van der Waals surface area contributed by atoms with Gasteiger partial charge in [-0.2, -0.15) is 4.98 Å². The van der Waals surface area contributed by atoms with Crippen molar-refractivity contribution in [3.8, 4) is 0 Å². The van der Waals surface area contributed by atoms with E-state index < -0.39 is 0 Å². The van der Waals surface area contributed by atoms with Crippen molar-refractivity contribution in [2.45, 2.75) is 31.7 Å². The van der Waals surface area contributed by atoms with Crippen LogP contribution in [-0.4, -0.2) is 27.2 Å². The Labute approximate surface area is 120 Å². The fraction of sp³-hybridized carbons (Fsp3) is 0.538. The standard InChI is InChI=1S/C13H18BrN5/c14-10-5-6-12-17-13(18-19(12)8-10)16-11-4-2-1-3-9(11)7-15/h5-6,8-9,11H,1-4,7,15H2,(H,16,18). The molecule has 0 saturated heterocycles. The van der Waals surface area contributed by atoms with E-state index in [2.05, 4.69) is 31.3 Å². The fourth-order valence-corrected chi connectivity index (χ4v) is 3.09. The molecule has 0 aromatic carbocycles. The highest BCUT2D eigenvalue weighted by atomic mass is 79.9. The van der Waals surface area contributed by atoms with Crippen molar-refractivity contribution >= 4 is 27.5 Å². The average molecular weight is 324 g/mol. The van der Waals surface area contributed by atoms with Crippen LogP contribution in [0.15, 0.2) is 22.8 Å². The Morgan fingerprint density at radius 2 is 2.21 bits per heavy atom. The molecule has 1 saturated carbocycles. The molecular weight excluding hydrogens is 306 g/mol. The van der Waals surface area contributed by atoms with E-state index in [4.69, 9.17) is 5.73 Å². The summed E-state index contributed by atoms with van der Waals surface area (Å²) in [6.07, 6.45) is 6.81. The minimum absolute atomic E-state index is 0.402. The summed E-state index contributed by atoms with van der Waals surface area (Å²) in [4.78, 5) is 4.50. The normalized spacial score (nSPS) is 23.7. The van der Waals surface area contributed by atoms with Gasteiger partial charge in [-0.15, -0.1) is 5.10 Å². The summed E-state index contributed by atoms with van der Waals surface area (Å²) in [5.74, 6) is 1.23. The summed E-state index contributed by atoms with van der Waals surface area (Å²) >= 11 is 3.44. The molecule has 0 spiro atoms. The predicted molar refractivity (Wildman–Crippen MR) is 79.1 cm³/mol. The van der Waals surface area contributed by atoms with Crippen LogP contribution in [-0.2, 0) is 0 Å². The first-order valence-electron chi connectivity index (χ1n) is 6.75. The van der Waals surface area contributed by atoms with Crippen LogP contribution in [0.2, 0.25) is 0 Å². The lowest BCUT2D eigenvalue weighted by Crippen LogP contribution is -2.37. The van der Waals surface area contributed by atoms with E-state index in [0.29, 0.717) is 17.9 Å². The Morgan fingerprint density at radius 3 is 3.05 bits per heavy atom. The third-order valence-electron chi connectivity index (χ3n) is 3.82. The molecule has 1 aliphatic carbocycles. The number of pyridine rings is 1. The summed E-state index contributed by atoms with van der Waals surface area (Å²) in [5, 5.41) is 7.91. The van der Waals surface area contributed by atoms with E-state index in [1.54, 1.807) is 4.52 Å². The molecule has 5 nitrogen and oxygen atoms in total. The highest BCUT2D eigenvalue weighted by Crippen LogP contribution is 2.26. The predicted octanol–water partition coefficient (Wildman–Crippen LogP) is 2.42. The van der Waals surface area contributed by atoms with Gasteiger partial charge in [-0.3, -0.25) is 0 Å². The van der Waals surface area contributed by atoms with Gasteiger partial charge in [-0.25, -0.2) is 4.52 Å². The van der Waals surface area contributed by atoms with Gasteiger partial charge in [-0.05, 0) is 53.4 Å². The van der Waals surface area contributed by atoms with Crippen LogP contribution in [0.5, 0.6) is 0 Å². The summed E-state index contributed by atoms with van der Waals surface area (Å²) in [7, 11) is 0. The van der Waals surface area contributed by atoms with Crippen LogP contribution >= 0.6 is 15.9 Å². The first-order valence-corrected chi connectivity index (χ1v) is 7.54. The molecule has 2 aromatic rings. The lowest BCUT2D eigenvalue weighted by atomic mass is 9.84. The fourth-order valence-electron chi connectivity index (χ4n) is 2.76. The second kappa shape index (κ2) is 5.46. The lowest BCUT2D eigenvalue weighted by Gasteiger charge is -2.30. The molecule has 2 atom stereocenters. The molecule has 2 aromatic heterocycles. The number of hydrogen-bond donors (Lipinski definition) is 2. The summed E-state index contributed by atoms with van der Waals surface area (Å²) in [5.41, 5.74) is 6.70. The second-order valence-corrected chi connectivity index (χ2v) is 6.03. The Kier molecular flexibility index (Phi) is 3.70. The van der Waals surface area contributed by atoms with E-state index in [9.17, 15) is 0 Å². The monoisotopic (exact) mass is 323 g/mol. The topological polar surface area (TPSA) is 68.2 Å². The van der Waals surface area contributed by atoms with Gasteiger partial charge >= 0.3 is 0 Å². The molecule has 1 aliphatic rings. The van der Waals surface area contributed by atoms with E-state index in [1.165, 1.54) is 19.3 Å². The quantitative estimate of drug-likeness (QED) is 0.910. The van der Waals surface area contributed by atoms with E-state index in [0.717, 1.165) is 23.1 Å². The Bertz CT molecular complexity index is 567. The molecule has 0 aliphatic heterocycles. The van der Waals surface area contributed by atoms with Crippen LogP contribution < -0.4 is 11.1 Å². The zero-order chi connectivity index (χ0) is 13.2. The number of rotatable bonds is 3. The van der Waals surface area contributed by atoms with Gasteiger partial charge in [0.05, 0.1) is 0 Å². The molecule has 102 valence electrons. The van der Waals surface area contributed by atoms with Gasteiger partial charge in [0.1, 0.15) is 0 Å².